The topological polar surface area (TPSA) is 46.6 Å². The Labute approximate surface area is 109 Å². The minimum Gasteiger partial charge on any atom is -0.444 e. The summed E-state index contributed by atoms with van der Waals surface area (Å²) < 4.78 is 5.43. The first-order valence-electron chi connectivity index (χ1n) is 6.73. The average molecular weight is 253 g/mol. The van der Waals surface area contributed by atoms with Crippen molar-refractivity contribution >= 4 is 11.9 Å². The zero-order chi connectivity index (χ0) is 13.6. The summed E-state index contributed by atoms with van der Waals surface area (Å²) in [4.78, 5) is 25.5. The molecule has 1 heterocycles. The molecular weight excluding hydrogens is 230 g/mol. The van der Waals surface area contributed by atoms with Gasteiger partial charge in [-0.25, -0.2) is 4.79 Å². The van der Waals surface area contributed by atoms with E-state index in [0.717, 1.165) is 12.8 Å². The first-order valence-corrected chi connectivity index (χ1v) is 6.73. The van der Waals surface area contributed by atoms with Crippen LogP contribution in [0.1, 0.15) is 53.4 Å². The lowest BCUT2D eigenvalue weighted by Gasteiger charge is -2.38. The predicted octanol–water partition coefficient (Wildman–Crippen LogP) is 2.76. The zero-order valence-electron chi connectivity index (χ0n) is 11.8. The molecule has 0 spiro atoms. The fourth-order valence-corrected chi connectivity index (χ4v) is 3.00. The molecule has 1 amide bonds. The molecule has 2 rings (SSSR count). The van der Waals surface area contributed by atoms with E-state index in [1.54, 1.807) is 4.90 Å². The number of likely N-dealkylation sites (tertiary alicyclic amines) is 1. The Morgan fingerprint density at radius 2 is 2.06 bits per heavy atom. The second-order valence-electron chi connectivity index (χ2n) is 6.84. The van der Waals surface area contributed by atoms with Crippen molar-refractivity contribution < 1.29 is 14.3 Å². The first kappa shape index (κ1) is 13.4. The van der Waals surface area contributed by atoms with Crippen LogP contribution in [-0.4, -0.2) is 35.0 Å². The number of carbonyl (C=O) groups is 2. The van der Waals surface area contributed by atoms with Crippen molar-refractivity contribution in [2.75, 3.05) is 6.54 Å². The number of carbonyl (C=O) groups excluding carboxylic acids is 2. The van der Waals surface area contributed by atoms with Gasteiger partial charge in [0, 0.05) is 25.4 Å². The third-order valence-corrected chi connectivity index (χ3v) is 4.13. The van der Waals surface area contributed by atoms with Crippen molar-refractivity contribution in [1.82, 2.24) is 4.90 Å². The Bertz CT molecular complexity index is 372. The molecule has 18 heavy (non-hydrogen) atoms. The van der Waals surface area contributed by atoms with Crippen molar-refractivity contribution in [2.24, 2.45) is 5.41 Å². The summed E-state index contributed by atoms with van der Waals surface area (Å²) in [7, 11) is 0. The lowest BCUT2D eigenvalue weighted by molar-refractivity contribution is -0.123. The van der Waals surface area contributed by atoms with Crippen molar-refractivity contribution in [2.45, 2.75) is 65.0 Å². The molecule has 2 aliphatic rings. The molecule has 2 fully saturated rings. The van der Waals surface area contributed by atoms with E-state index in [4.69, 9.17) is 4.74 Å². The Hall–Kier alpha value is -1.06. The van der Waals surface area contributed by atoms with Gasteiger partial charge in [-0.15, -0.1) is 0 Å². The normalized spacial score (nSPS) is 32.3. The van der Waals surface area contributed by atoms with Gasteiger partial charge in [0.1, 0.15) is 11.4 Å². The van der Waals surface area contributed by atoms with Gasteiger partial charge in [0.15, 0.2) is 0 Å². The molecule has 4 heteroatoms. The number of rotatable bonds is 0. The monoisotopic (exact) mass is 253 g/mol. The van der Waals surface area contributed by atoms with Gasteiger partial charge in [-0.2, -0.15) is 0 Å². The molecule has 2 atom stereocenters. The molecule has 0 N–H and O–H groups in total. The molecule has 1 saturated heterocycles. The van der Waals surface area contributed by atoms with Gasteiger partial charge >= 0.3 is 6.09 Å². The average Bonchev–Trinajstić information content (AvgIpc) is 2.53. The van der Waals surface area contributed by atoms with Gasteiger partial charge < -0.3 is 9.64 Å². The fourth-order valence-electron chi connectivity index (χ4n) is 3.00. The quantitative estimate of drug-likeness (QED) is 0.667. The number of hydrogen-bond acceptors (Lipinski definition) is 3. The molecule has 0 aromatic heterocycles. The van der Waals surface area contributed by atoms with Crippen molar-refractivity contribution in [3.63, 3.8) is 0 Å². The number of hydrogen-bond donors (Lipinski definition) is 0. The minimum atomic E-state index is -0.477. The number of nitrogens with zero attached hydrogens (tertiary/aromatic N) is 1. The highest BCUT2D eigenvalue weighted by Crippen LogP contribution is 2.45. The number of ketones is 1. The largest absolute Gasteiger partial charge is 0.444 e. The van der Waals surface area contributed by atoms with Gasteiger partial charge in [0.2, 0.25) is 0 Å². The third kappa shape index (κ3) is 2.52. The maximum absolute atomic E-state index is 12.2. The van der Waals surface area contributed by atoms with Crippen LogP contribution >= 0.6 is 0 Å². The van der Waals surface area contributed by atoms with Crippen LogP contribution in [0.3, 0.4) is 0 Å². The van der Waals surface area contributed by atoms with E-state index < -0.39 is 5.60 Å². The highest BCUT2D eigenvalue weighted by molar-refractivity contribution is 5.81. The minimum absolute atomic E-state index is 0.0357. The summed E-state index contributed by atoms with van der Waals surface area (Å²) in [6.07, 6.45) is 2.76. The maximum Gasteiger partial charge on any atom is 0.410 e. The van der Waals surface area contributed by atoms with Gasteiger partial charge in [-0.1, -0.05) is 6.92 Å². The Morgan fingerprint density at radius 3 is 2.67 bits per heavy atom. The van der Waals surface area contributed by atoms with E-state index in [2.05, 4.69) is 6.92 Å². The Balaban J connectivity index is 2.11. The molecule has 0 bridgehead atoms. The van der Waals surface area contributed by atoms with E-state index in [-0.39, 0.29) is 23.3 Å². The second-order valence-corrected chi connectivity index (χ2v) is 6.84. The van der Waals surface area contributed by atoms with E-state index in [9.17, 15) is 9.59 Å². The second kappa shape index (κ2) is 4.25. The van der Waals surface area contributed by atoms with Crippen LogP contribution in [0.2, 0.25) is 0 Å². The fraction of sp³-hybridized carbons (Fsp3) is 0.857. The van der Waals surface area contributed by atoms with Crippen LogP contribution in [-0.2, 0) is 9.53 Å². The van der Waals surface area contributed by atoms with Crippen LogP contribution in [0, 0.1) is 5.41 Å². The van der Waals surface area contributed by atoms with Crippen molar-refractivity contribution in [3.05, 3.63) is 0 Å². The van der Waals surface area contributed by atoms with Gasteiger partial charge in [0.05, 0.1) is 0 Å². The molecule has 102 valence electrons. The lowest BCUT2D eigenvalue weighted by atomic mass is 9.72. The molecular formula is C14H23NO3. The van der Waals surface area contributed by atoms with Crippen LogP contribution < -0.4 is 0 Å². The summed E-state index contributed by atoms with van der Waals surface area (Å²) in [5, 5.41) is 0. The summed E-state index contributed by atoms with van der Waals surface area (Å²) in [5.74, 6) is 0.271. The summed E-state index contributed by atoms with van der Waals surface area (Å²) in [6, 6.07) is 0.0357. The van der Waals surface area contributed by atoms with E-state index >= 15 is 0 Å². The predicted molar refractivity (Wildman–Crippen MR) is 68.3 cm³/mol. The van der Waals surface area contributed by atoms with Gasteiger partial charge in [-0.05, 0) is 39.0 Å². The number of fused-ring (bicyclic) bond motifs is 1. The summed E-state index contributed by atoms with van der Waals surface area (Å²) in [6.45, 7) is 8.50. The highest BCUT2D eigenvalue weighted by Gasteiger charge is 2.49. The molecule has 0 aromatic rings. The van der Waals surface area contributed by atoms with Gasteiger partial charge in [0.25, 0.3) is 0 Å². The highest BCUT2D eigenvalue weighted by atomic mass is 16.6. The van der Waals surface area contributed by atoms with E-state index in [1.807, 2.05) is 20.8 Å². The first-order chi connectivity index (χ1) is 8.21. The van der Waals surface area contributed by atoms with Crippen LogP contribution in [0.4, 0.5) is 4.79 Å². The Kier molecular flexibility index (Phi) is 3.16. The molecule has 0 aromatic carbocycles. The molecule has 1 aliphatic carbocycles. The SMILES string of the molecule is CC(C)(C)OC(=O)N1CC[C@@]2(C)CCC(=O)C[C@@H]12. The maximum atomic E-state index is 12.2. The van der Waals surface area contributed by atoms with E-state index in [0.29, 0.717) is 19.4 Å². The zero-order valence-corrected chi connectivity index (χ0v) is 11.8. The summed E-state index contributed by atoms with van der Waals surface area (Å²) in [5.41, 5.74) is -0.375. The van der Waals surface area contributed by atoms with Crippen LogP contribution in [0.15, 0.2) is 0 Å². The summed E-state index contributed by atoms with van der Waals surface area (Å²) >= 11 is 0. The standard InChI is InChI=1S/C14H23NO3/c1-13(2,3)18-12(17)15-8-7-14(4)6-5-10(16)9-11(14)15/h11H,5-9H2,1-4H3/t11-,14-/m1/s1. The van der Waals surface area contributed by atoms with Gasteiger partial charge in [-0.3, -0.25) is 4.79 Å². The lowest BCUT2D eigenvalue weighted by Crippen LogP contribution is -2.47. The molecule has 0 radical (unpaired) electrons. The van der Waals surface area contributed by atoms with E-state index in [1.165, 1.54) is 0 Å². The Morgan fingerprint density at radius 1 is 1.39 bits per heavy atom. The smallest absolute Gasteiger partial charge is 0.410 e. The molecule has 4 nitrogen and oxygen atoms in total. The number of amides is 1. The third-order valence-electron chi connectivity index (χ3n) is 4.13. The van der Waals surface area contributed by atoms with Crippen molar-refractivity contribution in [3.8, 4) is 0 Å². The molecule has 0 unspecified atom stereocenters. The van der Waals surface area contributed by atoms with Crippen LogP contribution in [0.5, 0.6) is 0 Å². The number of Topliss-reactive ketones (excluding diaryl/α,β-unsaturated/α-hetero) is 1. The molecule has 1 saturated carbocycles. The number of ether oxygens (including phenoxy) is 1. The van der Waals surface area contributed by atoms with Crippen molar-refractivity contribution in [1.29, 1.82) is 0 Å². The van der Waals surface area contributed by atoms with Crippen LogP contribution in [0.25, 0.3) is 0 Å². The molecule has 1 aliphatic heterocycles.